The Balaban J connectivity index is 1.84. The van der Waals surface area contributed by atoms with Crippen LogP contribution in [0.3, 0.4) is 0 Å². The summed E-state index contributed by atoms with van der Waals surface area (Å²) in [6.45, 7) is 12.4. The third-order valence-corrected chi connectivity index (χ3v) is 5.08. The maximum absolute atomic E-state index is 3.76. The molecule has 2 saturated heterocycles. The molecule has 0 aromatic rings. The quantitative estimate of drug-likeness (QED) is 0.841. The van der Waals surface area contributed by atoms with Crippen LogP contribution in [0.15, 0.2) is 0 Å². The normalized spacial score (nSPS) is 33.0. The third-order valence-electron chi connectivity index (χ3n) is 5.08. The zero-order valence-corrected chi connectivity index (χ0v) is 13.2. The molecule has 0 aliphatic carbocycles. The zero-order chi connectivity index (χ0) is 13.7. The van der Waals surface area contributed by atoms with E-state index in [0.29, 0.717) is 6.04 Å². The number of nitrogens with one attached hydrogen (secondary N) is 1. The summed E-state index contributed by atoms with van der Waals surface area (Å²) in [6.07, 6.45) is 5.43. The summed E-state index contributed by atoms with van der Waals surface area (Å²) < 4.78 is 0. The van der Waals surface area contributed by atoms with Crippen molar-refractivity contribution in [2.24, 2.45) is 11.8 Å². The van der Waals surface area contributed by atoms with Crippen molar-refractivity contribution in [3.63, 3.8) is 0 Å². The van der Waals surface area contributed by atoms with Crippen LogP contribution in [0, 0.1) is 11.8 Å². The van der Waals surface area contributed by atoms with Crippen molar-refractivity contribution in [1.29, 1.82) is 0 Å². The van der Waals surface area contributed by atoms with E-state index in [1.165, 1.54) is 65.0 Å². The Hall–Kier alpha value is -0.120. The summed E-state index contributed by atoms with van der Waals surface area (Å²) in [6, 6.07) is 0.703. The monoisotopic (exact) mass is 267 g/mol. The molecule has 1 N–H and O–H groups in total. The van der Waals surface area contributed by atoms with Gasteiger partial charge in [-0.15, -0.1) is 0 Å². The van der Waals surface area contributed by atoms with E-state index in [4.69, 9.17) is 0 Å². The van der Waals surface area contributed by atoms with Gasteiger partial charge in [0.15, 0.2) is 0 Å². The molecular formula is C16H33N3. The van der Waals surface area contributed by atoms with Crippen molar-refractivity contribution >= 4 is 0 Å². The van der Waals surface area contributed by atoms with Gasteiger partial charge >= 0.3 is 0 Å². The van der Waals surface area contributed by atoms with Crippen LogP contribution < -0.4 is 5.32 Å². The van der Waals surface area contributed by atoms with Crippen LogP contribution in [0.1, 0.15) is 39.5 Å². The van der Waals surface area contributed by atoms with Crippen molar-refractivity contribution in [3.05, 3.63) is 0 Å². The molecule has 2 fully saturated rings. The Morgan fingerprint density at radius 1 is 1.21 bits per heavy atom. The van der Waals surface area contributed by atoms with E-state index in [1.807, 2.05) is 0 Å². The molecule has 3 atom stereocenters. The lowest BCUT2D eigenvalue weighted by Gasteiger charge is -2.35. The van der Waals surface area contributed by atoms with Crippen LogP contribution in [0.5, 0.6) is 0 Å². The highest BCUT2D eigenvalue weighted by molar-refractivity contribution is 4.82. The molecule has 0 radical (unpaired) electrons. The second-order valence-electron chi connectivity index (χ2n) is 6.83. The number of hydrogen-bond acceptors (Lipinski definition) is 3. The lowest BCUT2D eigenvalue weighted by Crippen LogP contribution is -2.45. The summed E-state index contributed by atoms with van der Waals surface area (Å²) in [5.74, 6) is 1.70. The van der Waals surface area contributed by atoms with Crippen LogP contribution in [-0.2, 0) is 0 Å². The van der Waals surface area contributed by atoms with E-state index in [2.05, 4.69) is 36.0 Å². The van der Waals surface area contributed by atoms with Gasteiger partial charge in [0.2, 0.25) is 0 Å². The number of hydrogen-bond donors (Lipinski definition) is 1. The van der Waals surface area contributed by atoms with Gasteiger partial charge in [-0.2, -0.15) is 0 Å². The molecule has 0 aromatic carbocycles. The summed E-state index contributed by atoms with van der Waals surface area (Å²) in [5.41, 5.74) is 0. The summed E-state index contributed by atoms with van der Waals surface area (Å²) in [7, 11) is 2.28. The molecule has 2 aliphatic heterocycles. The number of rotatable bonds is 4. The molecule has 0 amide bonds. The Bertz CT molecular complexity index is 256. The molecule has 3 nitrogen and oxygen atoms in total. The van der Waals surface area contributed by atoms with E-state index < -0.39 is 0 Å². The molecule has 2 aliphatic rings. The summed E-state index contributed by atoms with van der Waals surface area (Å²) >= 11 is 0. The van der Waals surface area contributed by atoms with Gasteiger partial charge in [0, 0.05) is 25.7 Å². The largest absolute Gasteiger partial charge is 0.312 e. The van der Waals surface area contributed by atoms with Gasteiger partial charge in [-0.1, -0.05) is 20.3 Å². The smallest absolute Gasteiger partial charge is 0.0220 e. The second kappa shape index (κ2) is 7.61. The number of nitrogens with zero attached hydrogens (tertiary/aromatic N) is 2. The minimum atomic E-state index is 0.703. The molecule has 0 aromatic heterocycles. The Labute approximate surface area is 119 Å². The van der Waals surface area contributed by atoms with Crippen molar-refractivity contribution in [1.82, 2.24) is 15.1 Å². The molecule has 3 heteroatoms. The first kappa shape index (κ1) is 15.3. The van der Waals surface area contributed by atoms with Gasteiger partial charge in [0.1, 0.15) is 0 Å². The Morgan fingerprint density at radius 3 is 2.79 bits per heavy atom. The van der Waals surface area contributed by atoms with Crippen molar-refractivity contribution in [2.75, 3.05) is 46.3 Å². The fraction of sp³-hybridized carbons (Fsp3) is 1.00. The van der Waals surface area contributed by atoms with Crippen LogP contribution >= 0.6 is 0 Å². The molecule has 3 unspecified atom stereocenters. The molecule has 2 rings (SSSR count). The van der Waals surface area contributed by atoms with Gasteiger partial charge in [-0.25, -0.2) is 0 Å². The minimum absolute atomic E-state index is 0.703. The highest BCUT2D eigenvalue weighted by atomic mass is 15.2. The third kappa shape index (κ3) is 4.73. The first-order chi connectivity index (χ1) is 9.19. The molecule has 2 heterocycles. The van der Waals surface area contributed by atoms with Gasteiger partial charge in [0.25, 0.3) is 0 Å². The summed E-state index contributed by atoms with van der Waals surface area (Å²) in [4.78, 5) is 5.25. The molecule has 0 spiro atoms. The lowest BCUT2D eigenvalue weighted by atomic mass is 9.96. The van der Waals surface area contributed by atoms with E-state index in [1.54, 1.807) is 0 Å². The van der Waals surface area contributed by atoms with Gasteiger partial charge in [0.05, 0.1) is 0 Å². The Kier molecular flexibility index (Phi) is 6.11. The van der Waals surface area contributed by atoms with E-state index in [-0.39, 0.29) is 0 Å². The average Bonchev–Trinajstić information content (AvgIpc) is 2.63. The average molecular weight is 267 g/mol. The molecule has 112 valence electrons. The predicted octanol–water partition coefficient (Wildman–Crippen LogP) is 2.04. The van der Waals surface area contributed by atoms with Crippen molar-refractivity contribution in [2.45, 2.75) is 45.6 Å². The minimum Gasteiger partial charge on any atom is -0.312 e. The topological polar surface area (TPSA) is 18.5 Å². The zero-order valence-electron chi connectivity index (χ0n) is 13.2. The predicted molar refractivity (Wildman–Crippen MR) is 82.5 cm³/mol. The Morgan fingerprint density at radius 2 is 2.05 bits per heavy atom. The second-order valence-corrected chi connectivity index (χ2v) is 6.83. The maximum atomic E-state index is 3.76. The fourth-order valence-corrected chi connectivity index (χ4v) is 3.64. The van der Waals surface area contributed by atoms with E-state index in [0.717, 1.165) is 11.8 Å². The van der Waals surface area contributed by atoms with Crippen LogP contribution in [0.2, 0.25) is 0 Å². The molecular weight excluding hydrogens is 234 g/mol. The SMILES string of the molecule is CCC(C)C1CN(CC2CCCN(C)C2)CCCN1. The van der Waals surface area contributed by atoms with Crippen molar-refractivity contribution < 1.29 is 0 Å². The standard InChI is InChI=1S/C16H33N3/c1-4-14(2)16-13-19(10-6-8-17-16)12-15-7-5-9-18(3)11-15/h14-17H,4-13H2,1-3H3. The number of likely N-dealkylation sites (tertiary alicyclic amines) is 1. The van der Waals surface area contributed by atoms with Gasteiger partial charge < -0.3 is 15.1 Å². The first-order valence-electron chi connectivity index (χ1n) is 8.33. The number of piperidine rings is 1. The van der Waals surface area contributed by atoms with Gasteiger partial charge in [-0.3, -0.25) is 0 Å². The lowest BCUT2D eigenvalue weighted by molar-refractivity contribution is 0.144. The molecule has 19 heavy (non-hydrogen) atoms. The van der Waals surface area contributed by atoms with Crippen LogP contribution in [-0.4, -0.2) is 62.2 Å². The van der Waals surface area contributed by atoms with E-state index >= 15 is 0 Å². The van der Waals surface area contributed by atoms with E-state index in [9.17, 15) is 0 Å². The van der Waals surface area contributed by atoms with Crippen molar-refractivity contribution in [3.8, 4) is 0 Å². The maximum Gasteiger partial charge on any atom is 0.0220 e. The fourth-order valence-electron chi connectivity index (χ4n) is 3.64. The molecule has 0 bridgehead atoms. The van der Waals surface area contributed by atoms with Gasteiger partial charge in [-0.05, 0) is 57.8 Å². The highest BCUT2D eigenvalue weighted by Crippen LogP contribution is 2.19. The van der Waals surface area contributed by atoms with Crippen LogP contribution in [0.4, 0.5) is 0 Å². The van der Waals surface area contributed by atoms with Crippen LogP contribution in [0.25, 0.3) is 0 Å². The first-order valence-corrected chi connectivity index (χ1v) is 8.33. The molecule has 0 saturated carbocycles. The summed E-state index contributed by atoms with van der Waals surface area (Å²) in [5, 5.41) is 3.76. The highest BCUT2D eigenvalue weighted by Gasteiger charge is 2.25.